The lowest BCUT2D eigenvalue weighted by Crippen LogP contribution is -2.07. The molecule has 1 N–H and O–H groups in total. The molecule has 0 aromatic heterocycles. The van der Waals surface area contributed by atoms with Gasteiger partial charge in [0.05, 0.1) is 4.92 Å². The summed E-state index contributed by atoms with van der Waals surface area (Å²) in [5.41, 5.74) is 1.21. The summed E-state index contributed by atoms with van der Waals surface area (Å²) < 4.78 is 28.4. The van der Waals surface area contributed by atoms with Gasteiger partial charge in [-0.2, -0.15) is 8.78 Å². The molecule has 0 fully saturated rings. The van der Waals surface area contributed by atoms with Crippen LogP contribution >= 0.6 is 0 Å². The van der Waals surface area contributed by atoms with Crippen LogP contribution in [0.3, 0.4) is 0 Å². The van der Waals surface area contributed by atoms with Crippen LogP contribution in [0.15, 0.2) is 42.5 Å². The quantitative estimate of drug-likeness (QED) is 0.452. The van der Waals surface area contributed by atoms with Crippen LogP contribution in [-0.4, -0.2) is 24.4 Å². The minimum absolute atomic E-state index is 0.0711. The molecule has 0 heterocycles. The molecule has 0 aliphatic carbocycles. The van der Waals surface area contributed by atoms with Crippen LogP contribution in [0.1, 0.15) is 15.9 Å². The van der Waals surface area contributed by atoms with Gasteiger partial charge in [0, 0.05) is 18.2 Å². The number of carbonyl (C=O) groups excluding carboxylic acids is 1. The zero-order valence-corrected chi connectivity index (χ0v) is 12.4. The van der Waals surface area contributed by atoms with Crippen molar-refractivity contribution in [3.63, 3.8) is 0 Å². The minimum atomic E-state index is -2.87. The third kappa shape index (κ3) is 4.73. The average Bonchev–Trinajstić information content (AvgIpc) is 2.56. The van der Waals surface area contributed by atoms with Crippen LogP contribution in [-0.2, 0) is 6.42 Å². The fourth-order valence-electron chi connectivity index (χ4n) is 2.10. The van der Waals surface area contributed by atoms with E-state index in [4.69, 9.17) is 0 Å². The molecule has 2 rings (SSSR count). The van der Waals surface area contributed by atoms with E-state index in [0.29, 0.717) is 24.9 Å². The summed E-state index contributed by atoms with van der Waals surface area (Å²) >= 11 is 0. The van der Waals surface area contributed by atoms with Gasteiger partial charge in [-0.1, -0.05) is 12.1 Å². The highest BCUT2D eigenvalue weighted by Gasteiger charge is 2.14. The molecule has 6 nitrogen and oxygen atoms in total. The Hall–Kier alpha value is -3.03. The lowest BCUT2D eigenvalue weighted by atomic mass is 10.1. The highest BCUT2D eigenvalue weighted by molar-refractivity contribution is 5.79. The minimum Gasteiger partial charge on any atom is -0.435 e. The van der Waals surface area contributed by atoms with Crippen molar-refractivity contribution in [3.05, 3.63) is 63.7 Å². The first-order chi connectivity index (χ1) is 11.5. The predicted octanol–water partition coefficient (Wildman–Crippen LogP) is 3.66. The van der Waals surface area contributed by atoms with E-state index in [1.54, 1.807) is 12.1 Å². The number of ether oxygens (including phenoxy) is 1. The predicted molar refractivity (Wildman–Crippen MR) is 83.8 cm³/mol. The van der Waals surface area contributed by atoms with Crippen LogP contribution in [0.25, 0.3) is 0 Å². The van der Waals surface area contributed by atoms with Gasteiger partial charge in [0.15, 0.2) is 0 Å². The van der Waals surface area contributed by atoms with Gasteiger partial charge >= 0.3 is 6.61 Å². The number of alkyl halides is 2. The van der Waals surface area contributed by atoms with Crippen molar-refractivity contribution in [1.82, 2.24) is 0 Å². The Balaban J connectivity index is 1.96. The molecule has 126 valence electrons. The van der Waals surface area contributed by atoms with Gasteiger partial charge in [0.2, 0.25) is 0 Å². The monoisotopic (exact) mass is 336 g/mol. The van der Waals surface area contributed by atoms with Gasteiger partial charge in [0.25, 0.3) is 5.69 Å². The van der Waals surface area contributed by atoms with Crippen LogP contribution in [0.4, 0.5) is 20.2 Å². The summed E-state index contributed by atoms with van der Waals surface area (Å²) in [5, 5.41) is 14.0. The average molecular weight is 336 g/mol. The molecule has 2 aromatic carbocycles. The molecule has 0 saturated carbocycles. The molecule has 0 radical (unpaired) electrons. The fraction of sp³-hybridized carbons (Fsp3) is 0.188. The number of nitro benzene ring substituents is 1. The van der Waals surface area contributed by atoms with E-state index >= 15 is 0 Å². The highest BCUT2D eigenvalue weighted by Crippen LogP contribution is 2.25. The summed E-state index contributed by atoms with van der Waals surface area (Å²) in [6.45, 7) is -2.47. The molecule has 8 heteroatoms. The topological polar surface area (TPSA) is 81.5 Å². The van der Waals surface area contributed by atoms with Crippen molar-refractivity contribution < 1.29 is 23.2 Å². The van der Waals surface area contributed by atoms with E-state index in [9.17, 15) is 23.7 Å². The van der Waals surface area contributed by atoms with Crippen molar-refractivity contribution in [2.24, 2.45) is 0 Å². The zero-order chi connectivity index (χ0) is 17.5. The summed E-state index contributed by atoms with van der Waals surface area (Å²) in [6.07, 6.45) is 1.07. The molecule has 0 saturated heterocycles. The second kappa shape index (κ2) is 8.00. The van der Waals surface area contributed by atoms with Gasteiger partial charge in [-0.3, -0.25) is 14.9 Å². The van der Waals surface area contributed by atoms with Gasteiger partial charge in [0.1, 0.15) is 17.7 Å². The SMILES string of the molecule is O=Cc1ccc(NCCc2ccc(OC(F)F)cc2)c([N+](=O)[O-])c1. The second-order valence-corrected chi connectivity index (χ2v) is 4.85. The Morgan fingerprint density at radius 2 is 1.92 bits per heavy atom. The van der Waals surface area contributed by atoms with Crippen molar-refractivity contribution >= 4 is 17.7 Å². The molecule has 0 unspecified atom stereocenters. The molecule has 0 amide bonds. The maximum Gasteiger partial charge on any atom is 0.387 e. The standard InChI is InChI=1S/C16H14F2N2O4/c17-16(18)24-13-4-1-11(2-5-13)7-8-19-14-6-3-12(10-21)9-15(14)20(22)23/h1-6,9-10,16,19H,7-8H2. The molecule has 2 aromatic rings. The second-order valence-electron chi connectivity index (χ2n) is 4.85. The largest absolute Gasteiger partial charge is 0.435 e. The summed E-state index contributed by atoms with van der Waals surface area (Å²) in [5.74, 6) is 0.0711. The van der Waals surface area contributed by atoms with Crippen LogP contribution in [0, 0.1) is 10.1 Å². The first kappa shape index (κ1) is 17.3. The molecular weight excluding hydrogens is 322 g/mol. The Morgan fingerprint density at radius 1 is 1.21 bits per heavy atom. The first-order valence-electron chi connectivity index (χ1n) is 7.01. The number of nitrogens with zero attached hydrogens (tertiary/aromatic N) is 1. The van der Waals surface area contributed by atoms with E-state index in [0.717, 1.165) is 5.56 Å². The number of rotatable bonds is 8. The number of aldehydes is 1. The fourth-order valence-corrected chi connectivity index (χ4v) is 2.10. The molecule has 0 spiro atoms. The van der Waals surface area contributed by atoms with E-state index in [1.807, 2.05) is 0 Å². The number of nitro groups is 1. The molecule has 0 aliphatic heterocycles. The van der Waals surface area contributed by atoms with E-state index in [1.165, 1.54) is 30.3 Å². The van der Waals surface area contributed by atoms with Crippen LogP contribution in [0.2, 0.25) is 0 Å². The third-order valence-corrected chi connectivity index (χ3v) is 3.23. The summed E-state index contributed by atoms with van der Waals surface area (Å²) in [6, 6.07) is 10.3. The number of nitrogens with one attached hydrogen (secondary N) is 1. The highest BCUT2D eigenvalue weighted by atomic mass is 19.3. The smallest absolute Gasteiger partial charge is 0.387 e. The normalized spacial score (nSPS) is 10.5. The number of anilines is 1. The maximum atomic E-state index is 12.1. The van der Waals surface area contributed by atoms with E-state index in [2.05, 4.69) is 10.1 Å². The molecular formula is C16H14F2N2O4. The van der Waals surface area contributed by atoms with Crippen LogP contribution < -0.4 is 10.1 Å². The van der Waals surface area contributed by atoms with Crippen molar-refractivity contribution in [3.8, 4) is 5.75 Å². The molecule has 0 aliphatic rings. The van der Waals surface area contributed by atoms with Gasteiger partial charge in [-0.15, -0.1) is 0 Å². The number of hydrogen-bond acceptors (Lipinski definition) is 5. The zero-order valence-electron chi connectivity index (χ0n) is 12.4. The number of halogens is 2. The summed E-state index contributed by atoms with van der Waals surface area (Å²) in [7, 11) is 0. The number of carbonyl (C=O) groups is 1. The first-order valence-corrected chi connectivity index (χ1v) is 7.01. The maximum absolute atomic E-state index is 12.1. The lowest BCUT2D eigenvalue weighted by molar-refractivity contribution is -0.384. The Bertz CT molecular complexity index is 721. The van der Waals surface area contributed by atoms with E-state index < -0.39 is 11.5 Å². The van der Waals surface area contributed by atoms with Crippen molar-refractivity contribution in [2.75, 3.05) is 11.9 Å². The lowest BCUT2D eigenvalue weighted by Gasteiger charge is -2.08. The van der Waals surface area contributed by atoms with Gasteiger partial charge in [-0.05, 0) is 36.2 Å². The van der Waals surface area contributed by atoms with E-state index in [-0.39, 0.29) is 17.0 Å². The van der Waals surface area contributed by atoms with Gasteiger partial charge in [-0.25, -0.2) is 0 Å². The number of benzene rings is 2. The Kier molecular flexibility index (Phi) is 5.78. The van der Waals surface area contributed by atoms with Crippen molar-refractivity contribution in [2.45, 2.75) is 13.0 Å². The number of hydrogen-bond donors (Lipinski definition) is 1. The summed E-state index contributed by atoms with van der Waals surface area (Å²) in [4.78, 5) is 21.1. The molecule has 0 bridgehead atoms. The van der Waals surface area contributed by atoms with Gasteiger partial charge < -0.3 is 10.1 Å². The molecule has 0 atom stereocenters. The Morgan fingerprint density at radius 3 is 2.50 bits per heavy atom. The Labute approximate surface area is 136 Å². The van der Waals surface area contributed by atoms with Crippen LogP contribution in [0.5, 0.6) is 5.75 Å². The molecule has 24 heavy (non-hydrogen) atoms. The third-order valence-electron chi connectivity index (χ3n) is 3.23. The van der Waals surface area contributed by atoms with Crippen molar-refractivity contribution in [1.29, 1.82) is 0 Å².